The molecule has 1 N–H and O–H groups in total. The monoisotopic (exact) mass is 303 g/mol. The molecule has 0 aliphatic carbocycles. The van der Waals surface area contributed by atoms with Gasteiger partial charge in [0, 0.05) is 12.9 Å². The summed E-state index contributed by atoms with van der Waals surface area (Å²) in [4.78, 5) is 15.9. The van der Waals surface area contributed by atoms with E-state index in [1.165, 1.54) is 11.8 Å². The molecule has 0 atom stereocenters. The molecule has 0 saturated carbocycles. The predicted molar refractivity (Wildman–Crippen MR) is 74.4 cm³/mol. The highest BCUT2D eigenvalue weighted by Gasteiger charge is 2.15. The molecule has 104 valence electrons. The molecule has 0 saturated heterocycles. The van der Waals surface area contributed by atoms with Crippen molar-refractivity contribution in [2.45, 2.75) is 6.54 Å². The number of nitrogens with zero attached hydrogens (tertiary/aromatic N) is 3. The molecular weight excluding hydrogens is 288 g/mol. The third kappa shape index (κ3) is 4.84. The van der Waals surface area contributed by atoms with Crippen LogP contribution in [0.1, 0.15) is 0 Å². The highest BCUT2D eigenvalue weighted by molar-refractivity contribution is 8.39. The summed E-state index contributed by atoms with van der Waals surface area (Å²) in [6.45, 7) is 1.96. The van der Waals surface area contributed by atoms with Crippen LogP contribution in [0.4, 0.5) is 5.88 Å². The van der Waals surface area contributed by atoms with E-state index in [0.29, 0.717) is 24.8 Å². The Morgan fingerprint density at radius 1 is 1.74 bits per heavy atom. The van der Waals surface area contributed by atoms with E-state index in [2.05, 4.69) is 15.6 Å². The summed E-state index contributed by atoms with van der Waals surface area (Å²) in [6, 6.07) is 0. The third-order valence-corrected chi connectivity index (χ3v) is 4.43. The highest BCUT2D eigenvalue weighted by atomic mass is 32.2. The van der Waals surface area contributed by atoms with Gasteiger partial charge in [0.25, 0.3) is 6.20 Å². The van der Waals surface area contributed by atoms with E-state index in [1.807, 2.05) is 0 Å². The molecule has 0 fully saturated rings. The van der Waals surface area contributed by atoms with Gasteiger partial charge in [0.1, 0.15) is 11.0 Å². The van der Waals surface area contributed by atoms with E-state index in [0.717, 1.165) is 16.7 Å². The first kappa shape index (κ1) is 14.4. The fraction of sp³-hybridized carbons (Fsp3) is 0.600. The van der Waals surface area contributed by atoms with Gasteiger partial charge in [0.15, 0.2) is 0 Å². The zero-order valence-electron chi connectivity index (χ0n) is 10.5. The molecule has 0 aromatic carbocycles. The Bertz CT molecular complexity index is 463. The number of carbonyl (C=O) groups excluding carboxylic acids is 1. The fourth-order valence-electron chi connectivity index (χ4n) is 1.33. The Hall–Kier alpha value is -1.06. The number of aliphatic imine (C=N–C) groups is 1. The number of nitrogens with one attached hydrogen (secondary N) is 1. The summed E-state index contributed by atoms with van der Waals surface area (Å²) in [5.41, 5.74) is 0. The molecule has 9 heteroatoms. The van der Waals surface area contributed by atoms with Crippen molar-refractivity contribution in [3.63, 3.8) is 0 Å². The number of amides is 1. The summed E-state index contributed by atoms with van der Waals surface area (Å²) in [7, 11) is 1.62. The topological polar surface area (TPSA) is 80.6 Å². The van der Waals surface area contributed by atoms with E-state index in [4.69, 9.17) is 9.26 Å². The highest BCUT2D eigenvalue weighted by Crippen LogP contribution is 2.21. The fourth-order valence-corrected chi connectivity index (χ4v) is 3.14. The second-order valence-electron chi connectivity index (χ2n) is 3.66. The van der Waals surface area contributed by atoms with Crippen LogP contribution in [-0.2, 0) is 16.1 Å². The molecule has 1 aliphatic heterocycles. The number of ether oxygens (including phenoxy) is 1. The van der Waals surface area contributed by atoms with Crippen LogP contribution in [0.15, 0.2) is 15.7 Å². The molecule has 0 unspecified atom stereocenters. The van der Waals surface area contributed by atoms with Gasteiger partial charge in [0.2, 0.25) is 17.7 Å². The summed E-state index contributed by atoms with van der Waals surface area (Å²) in [5.74, 6) is 1.54. The van der Waals surface area contributed by atoms with Crippen LogP contribution < -0.4 is 10.00 Å². The van der Waals surface area contributed by atoms with Crippen LogP contribution >= 0.6 is 23.5 Å². The van der Waals surface area contributed by atoms with E-state index in [-0.39, 0.29) is 5.91 Å². The molecule has 1 aliphatic rings. The molecule has 2 rings (SSSR count). The molecule has 2 heterocycles. The van der Waals surface area contributed by atoms with Crippen LogP contribution in [0.5, 0.6) is 0 Å². The second-order valence-corrected chi connectivity index (χ2v) is 5.96. The maximum Gasteiger partial charge on any atom is 0.302 e. The lowest BCUT2D eigenvalue weighted by Crippen LogP contribution is -2.36. The average Bonchev–Trinajstić information content (AvgIpc) is 3.05. The molecule has 0 bridgehead atoms. The van der Waals surface area contributed by atoms with Crippen LogP contribution in [-0.4, -0.2) is 47.3 Å². The van der Waals surface area contributed by atoms with E-state index in [9.17, 15) is 4.79 Å². The number of rotatable bonds is 6. The zero-order chi connectivity index (χ0) is 13.5. The Labute approximate surface area is 119 Å². The Morgan fingerprint density at radius 2 is 2.63 bits per heavy atom. The van der Waals surface area contributed by atoms with Crippen molar-refractivity contribution < 1.29 is 18.7 Å². The number of carbonyl (C=O) groups is 1. The Balaban J connectivity index is 1.73. The minimum absolute atomic E-state index is 0.129. The molecule has 1 aromatic rings. The predicted octanol–water partition coefficient (Wildman–Crippen LogP) is 0.383. The summed E-state index contributed by atoms with van der Waals surface area (Å²) < 4.78 is 12.5. The lowest BCUT2D eigenvalue weighted by molar-refractivity contribution is -0.763. The van der Waals surface area contributed by atoms with Crippen LogP contribution in [0.2, 0.25) is 0 Å². The molecule has 1 aromatic heterocycles. The number of aromatic nitrogens is 2. The standard InChI is InChI=1S/C10H14N4O3S2/c1-16-4-3-14-6-9(17-13-14)12-8(15)7-19-10-11-2-5-18-10/h6H,2-5,7H2,1H3/p+1. The smallest absolute Gasteiger partial charge is 0.302 e. The number of anilines is 1. The molecular formula is C10H15N4O3S2+. The van der Waals surface area contributed by atoms with Crippen molar-refractivity contribution in [1.29, 1.82) is 0 Å². The number of thioether (sulfide) groups is 2. The van der Waals surface area contributed by atoms with Gasteiger partial charge in [0.05, 0.1) is 12.3 Å². The largest absolute Gasteiger partial charge is 0.378 e. The van der Waals surface area contributed by atoms with Gasteiger partial charge in [-0.2, -0.15) is 0 Å². The first-order chi connectivity index (χ1) is 9.28. The number of hydrogen-bond donors (Lipinski definition) is 1. The minimum Gasteiger partial charge on any atom is -0.378 e. The van der Waals surface area contributed by atoms with Crippen LogP contribution in [0, 0.1) is 0 Å². The number of hydrogen-bond acceptors (Lipinski definition) is 7. The molecule has 0 radical (unpaired) electrons. The zero-order valence-corrected chi connectivity index (χ0v) is 12.1. The van der Waals surface area contributed by atoms with Crippen molar-refractivity contribution in [2.24, 2.45) is 4.99 Å². The normalized spacial score (nSPS) is 14.5. The molecule has 19 heavy (non-hydrogen) atoms. The average molecular weight is 303 g/mol. The van der Waals surface area contributed by atoms with Gasteiger partial charge in [-0.15, -0.1) is 0 Å². The molecule has 0 spiro atoms. The summed E-state index contributed by atoms with van der Waals surface area (Å²) in [6.07, 6.45) is 1.63. The molecule has 7 nitrogen and oxygen atoms in total. The van der Waals surface area contributed by atoms with Gasteiger partial charge >= 0.3 is 5.88 Å². The Morgan fingerprint density at radius 3 is 3.37 bits per heavy atom. The summed E-state index contributed by atoms with van der Waals surface area (Å²) in [5, 5.41) is 6.40. The SMILES string of the molecule is COCC[n+]1cc(NC(=O)CSC2=NCCS2)on1. The third-order valence-electron chi connectivity index (χ3n) is 2.18. The minimum atomic E-state index is -0.129. The van der Waals surface area contributed by atoms with E-state index < -0.39 is 0 Å². The van der Waals surface area contributed by atoms with Gasteiger partial charge in [-0.3, -0.25) is 19.6 Å². The first-order valence-electron chi connectivity index (χ1n) is 5.73. The first-order valence-corrected chi connectivity index (χ1v) is 7.70. The van der Waals surface area contributed by atoms with E-state index in [1.54, 1.807) is 29.8 Å². The van der Waals surface area contributed by atoms with Crippen molar-refractivity contribution in [3.05, 3.63) is 6.20 Å². The maximum atomic E-state index is 11.7. The maximum absolute atomic E-state index is 11.7. The number of methoxy groups -OCH3 is 1. The van der Waals surface area contributed by atoms with Gasteiger partial charge < -0.3 is 4.74 Å². The van der Waals surface area contributed by atoms with Crippen molar-refractivity contribution in [2.75, 3.05) is 37.1 Å². The van der Waals surface area contributed by atoms with Crippen molar-refractivity contribution >= 4 is 39.7 Å². The second kappa shape index (κ2) is 7.51. The quantitative estimate of drug-likeness (QED) is 0.765. The lowest BCUT2D eigenvalue weighted by Gasteiger charge is -1.98. The lowest BCUT2D eigenvalue weighted by atomic mass is 10.6. The van der Waals surface area contributed by atoms with Crippen LogP contribution in [0.25, 0.3) is 0 Å². The van der Waals surface area contributed by atoms with Gasteiger partial charge in [-0.05, 0) is 4.68 Å². The Kier molecular flexibility index (Phi) is 5.67. The van der Waals surface area contributed by atoms with Crippen molar-refractivity contribution in [1.82, 2.24) is 5.27 Å². The van der Waals surface area contributed by atoms with E-state index >= 15 is 0 Å². The van der Waals surface area contributed by atoms with Gasteiger partial charge in [-0.1, -0.05) is 23.5 Å². The van der Waals surface area contributed by atoms with Gasteiger partial charge in [-0.25, -0.2) is 0 Å². The van der Waals surface area contributed by atoms with Crippen molar-refractivity contribution in [3.8, 4) is 0 Å². The summed E-state index contributed by atoms with van der Waals surface area (Å²) >= 11 is 3.13. The van der Waals surface area contributed by atoms with Crippen LogP contribution in [0.3, 0.4) is 0 Å². The molecule has 1 amide bonds.